The molecule has 1 heterocycles. The summed E-state index contributed by atoms with van der Waals surface area (Å²) in [6, 6.07) is 24.8. The van der Waals surface area contributed by atoms with Crippen LogP contribution in [0.15, 0.2) is 96.0 Å². The number of benzene rings is 3. The van der Waals surface area contributed by atoms with Crippen LogP contribution in [-0.4, -0.2) is 43.7 Å². The summed E-state index contributed by atoms with van der Waals surface area (Å²) in [6.07, 6.45) is 3.28. The van der Waals surface area contributed by atoms with Gasteiger partial charge < -0.3 is 15.2 Å². The van der Waals surface area contributed by atoms with Gasteiger partial charge in [-0.1, -0.05) is 54.6 Å². The van der Waals surface area contributed by atoms with Crippen molar-refractivity contribution in [2.24, 2.45) is 0 Å². The number of carboxylic acid groups (broad SMARTS) is 1. The molecule has 1 aromatic heterocycles. The summed E-state index contributed by atoms with van der Waals surface area (Å²) in [4.78, 5) is 15.7. The lowest BCUT2D eigenvalue weighted by Crippen LogP contribution is -2.38. The Morgan fingerprint density at radius 1 is 0.921 bits per heavy atom. The van der Waals surface area contributed by atoms with Gasteiger partial charge >= 0.3 is 5.97 Å². The number of fused-ring (bicyclic) bond motifs is 1. The van der Waals surface area contributed by atoms with Gasteiger partial charge in [0, 0.05) is 24.8 Å². The smallest absolute Gasteiger partial charge is 0.304 e. The predicted molar refractivity (Wildman–Crippen MR) is 148 cm³/mol. The first-order chi connectivity index (χ1) is 18.4. The van der Waals surface area contributed by atoms with Gasteiger partial charge in [0.15, 0.2) is 0 Å². The van der Waals surface area contributed by atoms with Gasteiger partial charge in [-0.15, -0.1) is 0 Å². The second-order valence-corrected chi connectivity index (χ2v) is 10.7. The lowest BCUT2D eigenvalue weighted by Gasteiger charge is -2.18. The number of pyridine rings is 1. The minimum absolute atomic E-state index is 0.0284. The molecule has 0 amide bonds. The van der Waals surface area contributed by atoms with Gasteiger partial charge in [0.25, 0.3) is 0 Å². The van der Waals surface area contributed by atoms with Crippen molar-refractivity contribution in [1.82, 2.24) is 9.71 Å². The number of rotatable bonds is 14. The zero-order valence-corrected chi connectivity index (χ0v) is 21.7. The molecule has 0 spiro atoms. The van der Waals surface area contributed by atoms with Crippen LogP contribution in [0.4, 0.5) is 5.82 Å². The SMILES string of the molecule is O=C(O)C[C@H](Cc1ccc2ccccc2c1)NS(=O)(=O)c1cccc(OCCCCNc2ccccn2)c1. The fourth-order valence-corrected chi connectivity index (χ4v) is 5.41. The third-order valence-corrected chi connectivity index (χ3v) is 7.48. The number of nitrogens with zero attached hydrogens (tertiary/aromatic N) is 1. The standard InChI is InChI=1S/C29H31N3O5S/c33-29(34)20-25(19-22-13-14-23-8-1-2-9-24(23)18-22)32-38(35,36)27-11-7-10-26(21-27)37-17-6-5-16-31-28-12-3-4-15-30-28/h1-4,7-15,18,21,25,32H,5-6,16-17,19-20H2,(H,30,31)(H,33,34)/t25-/m0/s1. The molecule has 0 saturated heterocycles. The topological polar surface area (TPSA) is 118 Å². The Labute approximate surface area is 222 Å². The molecule has 0 fully saturated rings. The summed E-state index contributed by atoms with van der Waals surface area (Å²) in [5.41, 5.74) is 0.854. The molecule has 198 valence electrons. The summed E-state index contributed by atoms with van der Waals surface area (Å²) in [6.45, 7) is 1.19. The van der Waals surface area contributed by atoms with Crippen LogP contribution in [0.2, 0.25) is 0 Å². The van der Waals surface area contributed by atoms with E-state index in [-0.39, 0.29) is 17.7 Å². The highest BCUT2D eigenvalue weighted by molar-refractivity contribution is 7.89. The molecule has 0 unspecified atom stereocenters. The van der Waals surface area contributed by atoms with Crippen LogP contribution in [0, 0.1) is 0 Å². The van der Waals surface area contributed by atoms with E-state index < -0.39 is 22.0 Å². The minimum Gasteiger partial charge on any atom is -0.494 e. The molecule has 4 rings (SSSR count). The van der Waals surface area contributed by atoms with Crippen molar-refractivity contribution in [2.75, 3.05) is 18.5 Å². The van der Waals surface area contributed by atoms with E-state index >= 15 is 0 Å². The molecule has 0 bridgehead atoms. The van der Waals surface area contributed by atoms with Crippen LogP contribution in [0.25, 0.3) is 10.8 Å². The Hall–Kier alpha value is -3.95. The van der Waals surface area contributed by atoms with Crippen LogP contribution in [0.3, 0.4) is 0 Å². The van der Waals surface area contributed by atoms with Gasteiger partial charge in [-0.05, 0) is 59.9 Å². The molecular weight excluding hydrogens is 502 g/mol. The second kappa shape index (κ2) is 13.0. The lowest BCUT2D eigenvalue weighted by molar-refractivity contribution is -0.137. The largest absolute Gasteiger partial charge is 0.494 e. The Balaban J connectivity index is 1.34. The maximum atomic E-state index is 13.2. The number of sulfonamides is 1. The van der Waals surface area contributed by atoms with Crippen molar-refractivity contribution >= 4 is 32.6 Å². The monoisotopic (exact) mass is 533 g/mol. The maximum Gasteiger partial charge on any atom is 0.304 e. The van der Waals surface area contributed by atoms with Crippen molar-refractivity contribution in [3.8, 4) is 5.75 Å². The van der Waals surface area contributed by atoms with Gasteiger partial charge in [-0.25, -0.2) is 18.1 Å². The van der Waals surface area contributed by atoms with Gasteiger partial charge in [-0.2, -0.15) is 0 Å². The molecule has 0 saturated carbocycles. The summed E-state index contributed by atoms with van der Waals surface area (Å²) in [5, 5.41) is 14.7. The Bertz CT molecular complexity index is 1460. The minimum atomic E-state index is -3.97. The Kier molecular flexibility index (Phi) is 9.29. The summed E-state index contributed by atoms with van der Waals surface area (Å²) < 4.78 is 34.7. The van der Waals surface area contributed by atoms with Gasteiger partial charge in [-0.3, -0.25) is 4.79 Å². The number of carboxylic acids is 1. The highest BCUT2D eigenvalue weighted by atomic mass is 32.2. The third kappa shape index (κ3) is 8.03. The third-order valence-electron chi connectivity index (χ3n) is 5.97. The first kappa shape index (κ1) is 27.1. The van der Waals surface area contributed by atoms with E-state index in [4.69, 9.17) is 4.74 Å². The summed E-state index contributed by atoms with van der Waals surface area (Å²) in [5.74, 6) is 0.184. The maximum absolute atomic E-state index is 13.2. The Morgan fingerprint density at radius 3 is 2.53 bits per heavy atom. The summed E-state index contributed by atoms with van der Waals surface area (Å²) >= 11 is 0. The number of ether oxygens (including phenoxy) is 1. The number of anilines is 1. The molecule has 1 atom stereocenters. The summed E-state index contributed by atoms with van der Waals surface area (Å²) in [7, 11) is -3.97. The molecule has 3 N–H and O–H groups in total. The fraction of sp³-hybridized carbons (Fsp3) is 0.241. The zero-order valence-electron chi connectivity index (χ0n) is 20.9. The quantitative estimate of drug-likeness (QED) is 0.198. The number of unbranched alkanes of at least 4 members (excludes halogenated alkanes) is 1. The number of hydrogen-bond acceptors (Lipinski definition) is 6. The molecule has 38 heavy (non-hydrogen) atoms. The molecule has 9 heteroatoms. The first-order valence-electron chi connectivity index (χ1n) is 12.5. The van der Waals surface area contributed by atoms with Gasteiger partial charge in [0.2, 0.25) is 10.0 Å². The number of aliphatic carboxylic acids is 1. The number of aromatic nitrogens is 1. The van der Waals surface area contributed by atoms with E-state index in [0.29, 0.717) is 12.4 Å². The number of carbonyl (C=O) groups is 1. The Morgan fingerprint density at radius 2 is 1.74 bits per heavy atom. The predicted octanol–water partition coefficient (Wildman–Crippen LogP) is 4.87. The van der Waals surface area contributed by atoms with Crippen LogP contribution in [0.5, 0.6) is 5.75 Å². The zero-order chi connectivity index (χ0) is 26.8. The van der Waals surface area contributed by atoms with Gasteiger partial charge in [0.1, 0.15) is 11.6 Å². The van der Waals surface area contributed by atoms with E-state index in [1.54, 1.807) is 18.3 Å². The van der Waals surface area contributed by atoms with E-state index in [0.717, 1.165) is 41.5 Å². The first-order valence-corrected chi connectivity index (χ1v) is 14.0. The van der Waals surface area contributed by atoms with E-state index in [2.05, 4.69) is 15.0 Å². The number of nitrogens with one attached hydrogen (secondary N) is 2. The highest BCUT2D eigenvalue weighted by Crippen LogP contribution is 2.21. The molecule has 8 nitrogen and oxygen atoms in total. The fourth-order valence-electron chi connectivity index (χ4n) is 4.14. The average molecular weight is 534 g/mol. The molecule has 4 aromatic rings. The molecule has 0 aliphatic heterocycles. The van der Waals surface area contributed by atoms with Gasteiger partial charge in [0.05, 0.1) is 17.9 Å². The van der Waals surface area contributed by atoms with E-state index in [9.17, 15) is 18.3 Å². The average Bonchev–Trinajstić information content (AvgIpc) is 2.91. The molecular formula is C29H31N3O5S. The van der Waals surface area contributed by atoms with Crippen LogP contribution in [0.1, 0.15) is 24.8 Å². The van der Waals surface area contributed by atoms with Crippen LogP contribution in [-0.2, 0) is 21.2 Å². The molecule has 0 aliphatic rings. The van der Waals surface area contributed by atoms with E-state index in [1.165, 1.54) is 12.1 Å². The molecule has 3 aromatic carbocycles. The second-order valence-electron chi connectivity index (χ2n) is 8.97. The molecule has 0 aliphatic carbocycles. The van der Waals surface area contributed by atoms with Crippen LogP contribution >= 0.6 is 0 Å². The van der Waals surface area contributed by atoms with E-state index in [1.807, 2.05) is 60.7 Å². The lowest BCUT2D eigenvalue weighted by atomic mass is 10.0. The molecule has 0 radical (unpaired) electrons. The number of hydrogen-bond donors (Lipinski definition) is 3. The van der Waals surface area contributed by atoms with Crippen molar-refractivity contribution in [2.45, 2.75) is 36.6 Å². The normalized spacial score (nSPS) is 12.2. The van der Waals surface area contributed by atoms with Crippen molar-refractivity contribution in [1.29, 1.82) is 0 Å². The highest BCUT2D eigenvalue weighted by Gasteiger charge is 2.23. The van der Waals surface area contributed by atoms with Crippen molar-refractivity contribution in [3.63, 3.8) is 0 Å². The van der Waals surface area contributed by atoms with Crippen LogP contribution < -0.4 is 14.8 Å². The van der Waals surface area contributed by atoms with Crippen molar-refractivity contribution in [3.05, 3.63) is 96.7 Å². The van der Waals surface area contributed by atoms with Crippen molar-refractivity contribution < 1.29 is 23.1 Å².